The maximum absolute atomic E-state index is 11.1. The molecule has 0 aliphatic carbocycles. The molecule has 0 radical (unpaired) electrons. The van der Waals surface area contributed by atoms with Crippen LogP contribution in [-0.4, -0.2) is 36.4 Å². The zero-order chi connectivity index (χ0) is 8.97. The molecular formula is C9H18N2O. The maximum atomic E-state index is 11.1. The fraction of sp³-hybridized carbons (Fsp3) is 0.889. The van der Waals surface area contributed by atoms with Crippen LogP contribution in [0.5, 0.6) is 0 Å². The van der Waals surface area contributed by atoms with Crippen LogP contribution in [0, 0.1) is 0 Å². The summed E-state index contributed by atoms with van der Waals surface area (Å²) in [5.74, 6) is 0.323. The summed E-state index contributed by atoms with van der Waals surface area (Å²) >= 11 is 0. The molecule has 0 aromatic carbocycles. The highest BCUT2D eigenvalue weighted by molar-refractivity contribution is 5.80. The lowest BCUT2D eigenvalue weighted by molar-refractivity contribution is -0.120. The summed E-state index contributed by atoms with van der Waals surface area (Å²) in [7, 11) is 0. The van der Waals surface area contributed by atoms with Crippen LogP contribution in [0.15, 0.2) is 0 Å². The summed E-state index contributed by atoms with van der Waals surface area (Å²) < 4.78 is 0. The monoisotopic (exact) mass is 170 g/mol. The molecule has 2 N–H and O–H groups in total. The molecule has 70 valence electrons. The average Bonchev–Trinajstić information content (AvgIpc) is 2.04. The highest BCUT2D eigenvalue weighted by Crippen LogP contribution is 2.07. The number of hydrogen-bond acceptors (Lipinski definition) is 3. The minimum absolute atomic E-state index is 0.281. The van der Waals surface area contributed by atoms with Crippen molar-refractivity contribution in [2.45, 2.75) is 32.2 Å². The number of nitrogens with two attached hydrogens (primary N) is 1. The first-order chi connectivity index (χ1) is 5.72. The highest BCUT2D eigenvalue weighted by Gasteiger charge is 2.17. The van der Waals surface area contributed by atoms with Crippen LogP contribution in [0.4, 0.5) is 0 Å². The van der Waals surface area contributed by atoms with Crippen molar-refractivity contribution in [2.24, 2.45) is 5.73 Å². The molecule has 0 aromatic heterocycles. The Morgan fingerprint density at radius 2 is 2.42 bits per heavy atom. The Morgan fingerprint density at radius 1 is 1.67 bits per heavy atom. The Bertz CT molecular complexity index is 159. The zero-order valence-electron chi connectivity index (χ0n) is 7.75. The number of piperidine rings is 1. The van der Waals surface area contributed by atoms with E-state index < -0.39 is 0 Å². The second-order valence-electron chi connectivity index (χ2n) is 3.53. The minimum Gasteiger partial charge on any atom is -0.327 e. The minimum atomic E-state index is 0.281. The number of hydrogen-bond donors (Lipinski definition) is 1. The van der Waals surface area contributed by atoms with Crippen molar-refractivity contribution in [1.29, 1.82) is 0 Å². The Balaban J connectivity index is 2.27. The first kappa shape index (κ1) is 9.68. The van der Waals surface area contributed by atoms with Crippen LogP contribution in [0.3, 0.4) is 0 Å². The van der Waals surface area contributed by atoms with E-state index in [0.717, 1.165) is 25.9 Å². The van der Waals surface area contributed by atoms with Gasteiger partial charge in [-0.1, -0.05) is 6.92 Å². The van der Waals surface area contributed by atoms with Gasteiger partial charge in [-0.3, -0.25) is 9.69 Å². The van der Waals surface area contributed by atoms with Gasteiger partial charge in [-0.25, -0.2) is 0 Å². The number of carbonyl (C=O) groups excluding carboxylic acids is 1. The van der Waals surface area contributed by atoms with Crippen molar-refractivity contribution in [3.8, 4) is 0 Å². The van der Waals surface area contributed by atoms with E-state index in [0.29, 0.717) is 18.7 Å². The smallest absolute Gasteiger partial charge is 0.146 e. The molecule has 1 fully saturated rings. The first-order valence-corrected chi connectivity index (χ1v) is 4.72. The third kappa shape index (κ3) is 2.91. The van der Waals surface area contributed by atoms with Crippen LogP contribution in [0.25, 0.3) is 0 Å². The maximum Gasteiger partial charge on any atom is 0.146 e. The molecule has 1 aliphatic rings. The molecule has 1 heterocycles. The van der Waals surface area contributed by atoms with Gasteiger partial charge in [0.15, 0.2) is 0 Å². The number of likely N-dealkylation sites (tertiary alicyclic amines) is 1. The molecule has 0 spiro atoms. The van der Waals surface area contributed by atoms with Crippen molar-refractivity contribution < 1.29 is 4.79 Å². The Morgan fingerprint density at radius 3 is 3.00 bits per heavy atom. The van der Waals surface area contributed by atoms with Gasteiger partial charge in [-0.05, 0) is 19.4 Å². The van der Waals surface area contributed by atoms with Crippen LogP contribution in [0.2, 0.25) is 0 Å². The van der Waals surface area contributed by atoms with Crippen LogP contribution in [0.1, 0.15) is 26.2 Å². The molecule has 12 heavy (non-hydrogen) atoms. The lowest BCUT2D eigenvalue weighted by Crippen LogP contribution is -2.44. The lowest BCUT2D eigenvalue weighted by atomic mass is 10.1. The Labute approximate surface area is 73.9 Å². The predicted octanol–water partition coefficient (Wildman–Crippen LogP) is 0.389. The van der Waals surface area contributed by atoms with E-state index in [1.165, 1.54) is 0 Å². The van der Waals surface area contributed by atoms with E-state index in [4.69, 9.17) is 5.73 Å². The Kier molecular flexibility index (Phi) is 3.69. The second-order valence-corrected chi connectivity index (χ2v) is 3.53. The average molecular weight is 170 g/mol. The third-order valence-corrected chi connectivity index (χ3v) is 2.34. The van der Waals surface area contributed by atoms with E-state index >= 15 is 0 Å². The summed E-state index contributed by atoms with van der Waals surface area (Å²) in [6, 6.07) is 0.281. The van der Waals surface area contributed by atoms with E-state index in [1.807, 2.05) is 6.92 Å². The Hall–Kier alpha value is -0.410. The van der Waals surface area contributed by atoms with Crippen molar-refractivity contribution in [1.82, 2.24) is 4.90 Å². The van der Waals surface area contributed by atoms with Crippen molar-refractivity contribution >= 4 is 5.78 Å². The summed E-state index contributed by atoms with van der Waals surface area (Å²) in [6.45, 7) is 4.45. The van der Waals surface area contributed by atoms with Crippen molar-refractivity contribution in [2.75, 3.05) is 19.6 Å². The number of ketones is 1. The van der Waals surface area contributed by atoms with Gasteiger partial charge in [0, 0.05) is 19.0 Å². The molecule has 1 aliphatic heterocycles. The second kappa shape index (κ2) is 4.58. The molecule has 1 atom stereocenters. The molecule has 3 nitrogen and oxygen atoms in total. The van der Waals surface area contributed by atoms with Crippen LogP contribution < -0.4 is 5.73 Å². The van der Waals surface area contributed by atoms with Gasteiger partial charge in [0.2, 0.25) is 0 Å². The van der Waals surface area contributed by atoms with Crippen LogP contribution >= 0.6 is 0 Å². The molecule has 1 saturated heterocycles. The number of rotatable bonds is 3. The third-order valence-electron chi connectivity index (χ3n) is 2.34. The summed E-state index contributed by atoms with van der Waals surface area (Å²) in [6.07, 6.45) is 2.89. The number of carbonyl (C=O) groups is 1. The van der Waals surface area contributed by atoms with E-state index in [9.17, 15) is 4.79 Å². The van der Waals surface area contributed by atoms with Gasteiger partial charge in [0.1, 0.15) is 5.78 Å². The summed E-state index contributed by atoms with van der Waals surface area (Å²) in [4.78, 5) is 13.3. The SMILES string of the molecule is CCC(=O)CN1CCCC(N)C1. The summed E-state index contributed by atoms with van der Waals surface area (Å²) in [5.41, 5.74) is 5.79. The normalized spacial score (nSPS) is 25.7. The van der Waals surface area contributed by atoms with E-state index in [2.05, 4.69) is 4.90 Å². The molecule has 0 saturated carbocycles. The van der Waals surface area contributed by atoms with Crippen LogP contribution in [-0.2, 0) is 4.79 Å². The molecule has 1 unspecified atom stereocenters. The largest absolute Gasteiger partial charge is 0.327 e. The molecule has 0 bridgehead atoms. The van der Waals surface area contributed by atoms with Gasteiger partial charge in [0.25, 0.3) is 0 Å². The van der Waals surface area contributed by atoms with Gasteiger partial charge in [-0.15, -0.1) is 0 Å². The topological polar surface area (TPSA) is 46.3 Å². The molecule has 3 heteroatoms. The molecule has 0 aromatic rings. The van der Waals surface area contributed by atoms with Gasteiger partial charge < -0.3 is 5.73 Å². The van der Waals surface area contributed by atoms with E-state index in [1.54, 1.807) is 0 Å². The van der Waals surface area contributed by atoms with Crippen molar-refractivity contribution in [3.63, 3.8) is 0 Å². The molecule has 0 amide bonds. The molecule has 1 rings (SSSR count). The van der Waals surface area contributed by atoms with Gasteiger partial charge >= 0.3 is 0 Å². The first-order valence-electron chi connectivity index (χ1n) is 4.72. The molecular weight excluding hydrogens is 152 g/mol. The predicted molar refractivity (Wildman–Crippen MR) is 48.9 cm³/mol. The lowest BCUT2D eigenvalue weighted by Gasteiger charge is -2.29. The quantitative estimate of drug-likeness (QED) is 0.666. The fourth-order valence-electron chi connectivity index (χ4n) is 1.60. The van der Waals surface area contributed by atoms with Gasteiger partial charge in [0.05, 0.1) is 6.54 Å². The van der Waals surface area contributed by atoms with Crippen molar-refractivity contribution in [3.05, 3.63) is 0 Å². The summed E-state index contributed by atoms with van der Waals surface area (Å²) in [5, 5.41) is 0. The van der Waals surface area contributed by atoms with Gasteiger partial charge in [-0.2, -0.15) is 0 Å². The standard InChI is InChI=1S/C9H18N2O/c1-2-9(12)7-11-5-3-4-8(10)6-11/h8H,2-7,10H2,1H3. The number of Topliss-reactive ketones (excluding diaryl/α,β-unsaturated/α-hetero) is 1. The zero-order valence-corrected chi connectivity index (χ0v) is 7.75. The van der Waals surface area contributed by atoms with E-state index in [-0.39, 0.29) is 6.04 Å². The fourth-order valence-corrected chi connectivity index (χ4v) is 1.60. The number of nitrogens with zero attached hydrogens (tertiary/aromatic N) is 1. The highest BCUT2D eigenvalue weighted by atomic mass is 16.1.